The number of rotatable bonds is 12. The minimum absolute atomic E-state index is 0.236. The molecule has 0 saturated heterocycles. The first-order valence-electron chi connectivity index (χ1n) is 12.2. The molecule has 3 rings (SSSR count). The zero-order valence-corrected chi connectivity index (χ0v) is 20.2. The van der Waals surface area contributed by atoms with Crippen molar-refractivity contribution < 1.29 is 19.1 Å². The highest BCUT2D eigenvalue weighted by atomic mass is 16.5. The van der Waals surface area contributed by atoms with Gasteiger partial charge in [-0.25, -0.2) is 9.59 Å². The number of unbranched alkanes of at least 4 members (excludes halogenated alkanes) is 2. The van der Waals surface area contributed by atoms with Crippen molar-refractivity contribution >= 4 is 11.9 Å². The Morgan fingerprint density at radius 3 is 1.26 bits per heavy atom. The summed E-state index contributed by atoms with van der Waals surface area (Å²) in [5, 5.41) is 0. The van der Waals surface area contributed by atoms with Crippen LogP contribution in [-0.2, 0) is 35.5 Å². The third-order valence-electron chi connectivity index (χ3n) is 5.91. The van der Waals surface area contributed by atoms with Crippen molar-refractivity contribution in [3.8, 4) is 0 Å². The monoisotopic (exact) mass is 458 g/mol. The molecule has 0 aromatic heterocycles. The Kier molecular flexibility index (Phi) is 9.90. The Balaban J connectivity index is 1.55. The summed E-state index contributed by atoms with van der Waals surface area (Å²) in [6, 6.07) is 22.5. The van der Waals surface area contributed by atoms with Crippen LogP contribution in [0.4, 0.5) is 0 Å². The van der Waals surface area contributed by atoms with Gasteiger partial charge in [0.2, 0.25) is 0 Å². The fourth-order valence-corrected chi connectivity index (χ4v) is 3.81. The van der Waals surface area contributed by atoms with Crippen molar-refractivity contribution in [3.05, 3.63) is 106 Å². The topological polar surface area (TPSA) is 52.6 Å². The molecule has 0 aliphatic heterocycles. The molecule has 3 aromatic carbocycles. The van der Waals surface area contributed by atoms with Crippen LogP contribution in [0.15, 0.2) is 72.8 Å². The predicted octanol–water partition coefficient (Wildman–Crippen LogP) is 7.09. The molecular weight excluding hydrogens is 424 g/mol. The molecule has 0 bridgehead atoms. The molecule has 0 spiro atoms. The van der Waals surface area contributed by atoms with Crippen molar-refractivity contribution in [1.29, 1.82) is 0 Å². The highest BCUT2D eigenvalue weighted by molar-refractivity contribution is 5.93. The Bertz CT molecular complexity index is 983. The van der Waals surface area contributed by atoms with Gasteiger partial charge in [0, 0.05) is 0 Å². The van der Waals surface area contributed by atoms with Crippen molar-refractivity contribution in [1.82, 2.24) is 0 Å². The molecule has 34 heavy (non-hydrogen) atoms. The number of carbonyl (C=O) groups is 2. The van der Waals surface area contributed by atoms with Crippen LogP contribution in [0.5, 0.6) is 0 Å². The molecule has 0 saturated carbocycles. The van der Waals surface area contributed by atoms with Crippen LogP contribution in [0.2, 0.25) is 0 Å². The molecular formula is C30H34O4. The third-order valence-corrected chi connectivity index (χ3v) is 5.91. The van der Waals surface area contributed by atoms with E-state index >= 15 is 0 Å². The molecule has 3 aromatic rings. The molecule has 0 amide bonds. The Labute approximate surface area is 202 Å². The maximum Gasteiger partial charge on any atom is 0.338 e. The molecule has 4 nitrogen and oxygen atoms in total. The van der Waals surface area contributed by atoms with Gasteiger partial charge in [-0.2, -0.15) is 0 Å². The first kappa shape index (κ1) is 25.2. The number of carbonyl (C=O) groups excluding carboxylic acids is 2. The highest BCUT2D eigenvalue weighted by Gasteiger charge is 2.13. The van der Waals surface area contributed by atoms with E-state index in [4.69, 9.17) is 9.47 Å². The maximum absolute atomic E-state index is 12.5. The smallest absolute Gasteiger partial charge is 0.338 e. The molecule has 4 heteroatoms. The lowest BCUT2D eigenvalue weighted by atomic mass is 10.0. The van der Waals surface area contributed by atoms with Crippen LogP contribution in [0.1, 0.15) is 82.5 Å². The number of aryl methyl sites for hydroxylation is 2. The lowest BCUT2D eigenvalue weighted by Gasteiger charge is -2.11. The van der Waals surface area contributed by atoms with Crippen LogP contribution in [0, 0.1) is 0 Å². The van der Waals surface area contributed by atoms with Gasteiger partial charge in [-0.1, -0.05) is 75.2 Å². The maximum atomic E-state index is 12.5. The molecule has 178 valence electrons. The summed E-state index contributed by atoms with van der Waals surface area (Å²) in [6.07, 6.45) is 6.40. The summed E-state index contributed by atoms with van der Waals surface area (Å²) in [5.41, 5.74) is 5.31. The largest absolute Gasteiger partial charge is 0.457 e. The second-order valence-electron chi connectivity index (χ2n) is 8.47. The molecule has 0 aliphatic rings. The minimum atomic E-state index is -0.407. The normalized spacial score (nSPS) is 10.6. The van der Waals surface area contributed by atoms with Gasteiger partial charge in [-0.05, 0) is 72.2 Å². The number of esters is 2. The van der Waals surface area contributed by atoms with E-state index in [1.54, 1.807) is 24.3 Å². The van der Waals surface area contributed by atoms with Gasteiger partial charge in [0.25, 0.3) is 0 Å². The van der Waals surface area contributed by atoms with Gasteiger partial charge in [-0.15, -0.1) is 0 Å². The second-order valence-corrected chi connectivity index (χ2v) is 8.47. The predicted molar refractivity (Wildman–Crippen MR) is 135 cm³/mol. The molecule has 0 aliphatic carbocycles. The number of ether oxygens (including phenoxy) is 2. The molecule has 0 unspecified atom stereocenters. The average molecular weight is 459 g/mol. The van der Waals surface area contributed by atoms with Crippen LogP contribution >= 0.6 is 0 Å². The lowest BCUT2D eigenvalue weighted by molar-refractivity contribution is 0.0457. The van der Waals surface area contributed by atoms with Crippen molar-refractivity contribution in [3.63, 3.8) is 0 Å². The molecule has 0 N–H and O–H groups in total. The van der Waals surface area contributed by atoms with Gasteiger partial charge in [-0.3, -0.25) is 0 Å². The van der Waals surface area contributed by atoms with E-state index in [2.05, 4.69) is 26.0 Å². The Morgan fingerprint density at radius 2 is 0.912 bits per heavy atom. The zero-order chi connectivity index (χ0) is 24.2. The first-order valence-corrected chi connectivity index (χ1v) is 12.2. The fourth-order valence-electron chi connectivity index (χ4n) is 3.81. The summed E-state index contributed by atoms with van der Waals surface area (Å²) in [7, 11) is 0. The Hall–Kier alpha value is -3.40. The van der Waals surface area contributed by atoms with Gasteiger partial charge in [0.05, 0.1) is 11.1 Å². The minimum Gasteiger partial charge on any atom is -0.457 e. The quantitative estimate of drug-likeness (QED) is 0.272. The molecule has 0 heterocycles. The van der Waals surface area contributed by atoms with E-state index in [1.165, 1.54) is 11.1 Å². The van der Waals surface area contributed by atoms with Crippen molar-refractivity contribution in [2.45, 2.75) is 65.6 Å². The first-order chi connectivity index (χ1) is 16.6. The average Bonchev–Trinajstić information content (AvgIpc) is 2.89. The van der Waals surface area contributed by atoms with Gasteiger partial charge in [0.1, 0.15) is 13.2 Å². The number of hydrogen-bond acceptors (Lipinski definition) is 4. The summed E-state index contributed by atoms with van der Waals surface area (Å²) in [5.74, 6) is -0.815. The zero-order valence-electron chi connectivity index (χ0n) is 20.2. The van der Waals surface area contributed by atoms with Crippen molar-refractivity contribution in [2.24, 2.45) is 0 Å². The number of hydrogen-bond donors (Lipinski definition) is 0. The number of benzene rings is 3. The highest BCUT2D eigenvalue weighted by Crippen LogP contribution is 2.17. The van der Waals surface area contributed by atoms with E-state index in [9.17, 15) is 9.59 Å². The van der Waals surface area contributed by atoms with Gasteiger partial charge in [0.15, 0.2) is 0 Å². The van der Waals surface area contributed by atoms with E-state index in [0.717, 1.165) is 49.7 Å². The molecule has 0 fully saturated rings. The molecule has 0 atom stereocenters. The van der Waals surface area contributed by atoms with Gasteiger partial charge < -0.3 is 9.47 Å². The SMILES string of the molecule is CCCCc1ccccc1COC(=O)c1ccc(C(=O)OCc2ccccc2CCCC)cc1. The van der Waals surface area contributed by atoms with Crippen LogP contribution in [0.25, 0.3) is 0 Å². The summed E-state index contributed by atoms with van der Waals surface area (Å²) in [4.78, 5) is 25.0. The Morgan fingerprint density at radius 1 is 0.559 bits per heavy atom. The van der Waals surface area contributed by atoms with Gasteiger partial charge >= 0.3 is 11.9 Å². The van der Waals surface area contributed by atoms with E-state index in [1.807, 2.05) is 36.4 Å². The third kappa shape index (κ3) is 7.31. The molecule has 0 radical (unpaired) electrons. The standard InChI is InChI=1S/C30H34O4/c1-3-5-11-23-13-7-9-15-27(23)21-33-29(31)25-17-19-26(20-18-25)30(32)34-22-28-16-10-8-14-24(28)12-6-4-2/h7-10,13-20H,3-6,11-12,21-22H2,1-2H3. The van der Waals surface area contributed by atoms with Crippen molar-refractivity contribution in [2.75, 3.05) is 0 Å². The summed E-state index contributed by atoms with van der Waals surface area (Å²) < 4.78 is 11.1. The second kappa shape index (κ2) is 13.3. The van der Waals surface area contributed by atoms with E-state index in [-0.39, 0.29) is 13.2 Å². The van der Waals surface area contributed by atoms with E-state index < -0.39 is 11.9 Å². The van der Waals surface area contributed by atoms with Crippen LogP contribution < -0.4 is 0 Å². The van der Waals surface area contributed by atoms with Crippen LogP contribution in [-0.4, -0.2) is 11.9 Å². The van der Waals surface area contributed by atoms with Crippen LogP contribution in [0.3, 0.4) is 0 Å². The fraction of sp³-hybridized carbons (Fsp3) is 0.333. The summed E-state index contributed by atoms with van der Waals surface area (Å²) in [6.45, 7) is 4.79. The lowest BCUT2D eigenvalue weighted by Crippen LogP contribution is -2.09. The van der Waals surface area contributed by atoms with E-state index in [0.29, 0.717) is 11.1 Å². The summed E-state index contributed by atoms with van der Waals surface area (Å²) >= 11 is 0.